The van der Waals surface area contributed by atoms with Crippen LogP contribution in [0.5, 0.6) is 0 Å². The van der Waals surface area contributed by atoms with Gasteiger partial charge in [0.15, 0.2) is 0 Å². The Morgan fingerprint density at radius 3 is 2.54 bits per heavy atom. The normalized spacial score (nSPS) is 25.0. The van der Waals surface area contributed by atoms with Crippen LogP contribution in [0, 0.1) is 0 Å². The van der Waals surface area contributed by atoms with Gasteiger partial charge in [-0.05, 0) is 36.1 Å². The Morgan fingerprint density at radius 1 is 0.964 bits per heavy atom. The third kappa shape index (κ3) is 2.71. The lowest BCUT2D eigenvalue weighted by atomic mass is 9.80. The van der Waals surface area contributed by atoms with Gasteiger partial charge in [0.2, 0.25) is 11.8 Å². The quantitative estimate of drug-likeness (QED) is 0.765. The fraction of sp³-hybridized carbons (Fsp3) is 0.409. The van der Waals surface area contributed by atoms with Crippen molar-refractivity contribution in [3.05, 3.63) is 59.8 Å². The number of nitrogens with zero attached hydrogens (tertiary/aromatic N) is 4. The molecule has 3 heterocycles. The number of hydrogen-bond donors (Lipinski definition) is 0. The first-order valence-corrected chi connectivity index (χ1v) is 9.99. The molecule has 0 radical (unpaired) electrons. The molecule has 0 N–H and O–H groups in total. The summed E-state index contributed by atoms with van der Waals surface area (Å²) in [6.07, 6.45) is 3.76. The molecule has 2 amide bonds. The summed E-state index contributed by atoms with van der Waals surface area (Å²) in [5.41, 5.74) is 1.66. The molecule has 2 saturated heterocycles. The average molecular weight is 376 g/mol. The fourth-order valence-corrected chi connectivity index (χ4v) is 4.90. The predicted octanol–water partition coefficient (Wildman–Crippen LogP) is 1.80. The van der Waals surface area contributed by atoms with Gasteiger partial charge in [-0.3, -0.25) is 19.4 Å². The minimum Gasteiger partial charge on any atom is -0.354 e. The number of amides is 2. The summed E-state index contributed by atoms with van der Waals surface area (Å²) in [6.45, 7) is 3.73. The lowest BCUT2D eigenvalue weighted by Gasteiger charge is -2.37. The highest BCUT2D eigenvalue weighted by atomic mass is 16.2. The Kier molecular flexibility index (Phi) is 4.16. The van der Waals surface area contributed by atoms with E-state index in [1.165, 1.54) is 10.5 Å². The van der Waals surface area contributed by atoms with Crippen LogP contribution in [0.4, 0.5) is 5.82 Å². The van der Waals surface area contributed by atoms with Gasteiger partial charge in [0.1, 0.15) is 5.82 Å². The molecule has 1 aromatic heterocycles. The number of carbonyl (C=O) groups excluding carboxylic acids is 2. The zero-order valence-electron chi connectivity index (χ0n) is 15.9. The summed E-state index contributed by atoms with van der Waals surface area (Å²) in [6, 6.07) is 14.0. The van der Waals surface area contributed by atoms with Crippen LogP contribution in [-0.4, -0.2) is 59.4 Å². The van der Waals surface area contributed by atoms with Crippen LogP contribution < -0.4 is 4.90 Å². The van der Waals surface area contributed by atoms with Crippen LogP contribution in [0.15, 0.2) is 48.7 Å². The monoisotopic (exact) mass is 376 g/mol. The van der Waals surface area contributed by atoms with Crippen molar-refractivity contribution >= 4 is 17.6 Å². The predicted molar refractivity (Wildman–Crippen MR) is 106 cm³/mol. The zero-order chi connectivity index (χ0) is 19.1. The molecule has 2 fully saturated rings. The maximum absolute atomic E-state index is 13.3. The Labute approximate surface area is 164 Å². The smallest absolute Gasteiger partial charge is 0.241 e. The van der Waals surface area contributed by atoms with E-state index in [-0.39, 0.29) is 11.8 Å². The molecule has 1 atom stereocenters. The largest absolute Gasteiger partial charge is 0.354 e. The van der Waals surface area contributed by atoms with Gasteiger partial charge in [-0.25, -0.2) is 4.98 Å². The number of aryl methyl sites for hydroxylation is 1. The van der Waals surface area contributed by atoms with Gasteiger partial charge < -0.3 is 4.90 Å². The van der Waals surface area contributed by atoms with Crippen molar-refractivity contribution in [2.45, 2.75) is 24.7 Å². The van der Waals surface area contributed by atoms with Crippen molar-refractivity contribution in [3.63, 3.8) is 0 Å². The summed E-state index contributed by atoms with van der Waals surface area (Å²) in [4.78, 5) is 36.5. The lowest BCUT2D eigenvalue weighted by Crippen LogP contribution is -2.52. The van der Waals surface area contributed by atoms with Crippen LogP contribution >= 0.6 is 0 Å². The molecule has 6 heteroatoms. The van der Waals surface area contributed by atoms with Crippen molar-refractivity contribution < 1.29 is 9.59 Å². The number of fused-ring (bicyclic) bond motifs is 2. The second-order valence-electron chi connectivity index (χ2n) is 7.98. The van der Waals surface area contributed by atoms with E-state index in [1.54, 1.807) is 0 Å². The molecule has 28 heavy (non-hydrogen) atoms. The first kappa shape index (κ1) is 17.4. The fourth-order valence-electron chi connectivity index (χ4n) is 4.90. The molecule has 2 aliphatic heterocycles. The number of piperazine rings is 1. The number of hydrogen-bond acceptors (Lipinski definition) is 5. The van der Waals surface area contributed by atoms with Crippen LogP contribution in [-0.2, 0) is 21.4 Å². The summed E-state index contributed by atoms with van der Waals surface area (Å²) in [5, 5.41) is 0. The van der Waals surface area contributed by atoms with Gasteiger partial charge in [0, 0.05) is 38.8 Å². The van der Waals surface area contributed by atoms with Gasteiger partial charge in [-0.15, -0.1) is 0 Å². The van der Waals surface area contributed by atoms with Gasteiger partial charge in [0.05, 0.1) is 12.1 Å². The molecular formula is C22H24N4O2. The summed E-state index contributed by atoms with van der Waals surface area (Å²) >= 11 is 0. The standard InChI is InChI=1S/C22H24N4O2/c27-20-15-22(9-8-17-5-1-2-6-18(17)22)21(28)26(20)16-24-11-13-25(14-12-24)19-7-3-4-10-23-19/h1-7,10H,8-9,11-16H2/t22-/m0/s1. The third-order valence-corrected chi connectivity index (χ3v) is 6.45. The number of likely N-dealkylation sites (tertiary alicyclic amines) is 1. The number of anilines is 1. The van der Waals surface area contributed by atoms with Crippen molar-refractivity contribution in [1.29, 1.82) is 0 Å². The van der Waals surface area contributed by atoms with E-state index in [9.17, 15) is 9.59 Å². The van der Waals surface area contributed by atoms with E-state index in [0.29, 0.717) is 13.1 Å². The molecule has 6 nitrogen and oxygen atoms in total. The van der Waals surface area contributed by atoms with Crippen LogP contribution in [0.2, 0.25) is 0 Å². The van der Waals surface area contributed by atoms with Crippen molar-refractivity contribution in [2.75, 3.05) is 37.7 Å². The molecule has 0 unspecified atom stereocenters. The molecular weight excluding hydrogens is 352 g/mol. The number of aromatic nitrogens is 1. The van der Waals surface area contributed by atoms with E-state index < -0.39 is 5.41 Å². The van der Waals surface area contributed by atoms with Crippen molar-refractivity contribution in [3.8, 4) is 0 Å². The number of rotatable bonds is 3. The highest BCUT2D eigenvalue weighted by Gasteiger charge is 2.55. The SMILES string of the molecule is O=C1C[C@]2(CCc3ccccc32)C(=O)N1CN1CCN(c2ccccn2)CC1. The van der Waals surface area contributed by atoms with E-state index in [2.05, 4.69) is 20.9 Å². The first-order valence-electron chi connectivity index (χ1n) is 9.99. The first-order chi connectivity index (χ1) is 13.7. The number of imide groups is 1. The number of pyridine rings is 1. The van der Waals surface area contributed by atoms with Crippen molar-refractivity contribution in [1.82, 2.24) is 14.8 Å². The summed E-state index contributed by atoms with van der Waals surface area (Å²) in [7, 11) is 0. The second-order valence-corrected chi connectivity index (χ2v) is 7.98. The van der Waals surface area contributed by atoms with Crippen LogP contribution in [0.3, 0.4) is 0 Å². The van der Waals surface area contributed by atoms with Gasteiger partial charge in [-0.1, -0.05) is 30.3 Å². The number of carbonyl (C=O) groups is 2. The molecule has 1 spiro atoms. The van der Waals surface area contributed by atoms with Crippen LogP contribution in [0.25, 0.3) is 0 Å². The lowest BCUT2D eigenvalue weighted by molar-refractivity contribution is -0.142. The van der Waals surface area contributed by atoms with Crippen LogP contribution in [0.1, 0.15) is 24.0 Å². The van der Waals surface area contributed by atoms with Gasteiger partial charge in [0.25, 0.3) is 0 Å². The summed E-state index contributed by atoms with van der Waals surface area (Å²) < 4.78 is 0. The maximum Gasteiger partial charge on any atom is 0.241 e. The Morgan fingerprint density at radius 2 is 1.75 bits per heavy atom. The molecule has 1 aromatic carbocycles. The van der Waals surface area contributed by atoms with E-state index in [4.69, 9.17) is 0 Å². The minimum atomic E-state index is -0.622. The molecule has 144 valence electrons. The van der Waals surface area contributed by atoms with E-state index in [0.717, 1.165) is 50.4 Å². The molecule has 0 bridgehead atoms. The van der Waals surface area contributed by atoms with Gasteiger partial charge in [-0.2, -0.15) is 0 Å². The molecule has 1 aliphatic carbocycles. The molecule has 5 rings (SSSR count). The van der Waals surface area contributed by atoms with E-state index in [1.807, 2.05) is 42.6 Å². The third-order valence-electron chi connectivity index (χ3n) is 6.45. The number of benzene rings is 1. The molecule has 3 aliphatic rings. The van der Waals surface area contributed by atoms with Crippen molar-refractivity contribution in [2.24, 2.45) is 0 Å². The molecule has 0 saturated carbocycles. The van der Waals surface area contributed by atoms with Gasteiger partial charge >= 0.3 is 0 Å². The Hall–Kier alpha value is -2.73. The minimum absolute atomic E-state index is 0.00499. The van der Waals surface area contributed by atoms with E-state index >= 15 is 0 Å². The second kappa shape index (κ2) is 6.71. The Balaban J connectivity index is 1.27. The highest BCUT2D eigenvalue weighted by Crippen LogP contribution is 2.46. The Bertz CT molecular complexity index is 908. The maximum atomic E-state index is 13.3. The molecule has 2 aromatic rings. The summed E-state index contributed by atoms with van der Waals surface area (Å²) in [5.74, 6) is 0.945. The highest BCUT2D eigenvalue weighted by molar-refractivity contribution is 6.09. The topological polar surface area (TPSA) is 56.8 Å². The average Bonchev–Trinajstić information content (AvgIpc) is 3.23. The zero-order valence-corrected chi connectivity index (χ0v) is 15.9.